The van der Waals surface area contributed by atoms with E-state index in [-0.39, 0.29) is 5.82 Å². The van der Waals surface area contributed by atoms with E-state index in [2.05, 4.69) is 6.07 Å². The van der Waals surface area contributed by atoms with Crippen LogP contribution in [0.25, 0.3) is 0 Å². The molecule has 90 valence electrons. The Balaban J connectivity index is 2.33. The molecular formula is C16H14FN. The number of rotatable bonds is 3. The Bertz CT molecular complexity index is 571. The predicted octanol–water partition coefficient (Wildman–Crippen LogP) is 3.85. The average molecular weight is 239 g/mol. The van der Waals surface area contributed by atoms with Gasteiger partial charge in [-0.3, -0.25) is 0 Å². The van der Waals surface area contributed by atoms with Crippen molar-refractivity contribution in [1.82, 2.24) is 0 Å². The van der Waals surface area contributed by atoms with Gasteiger partial charge in [-0.25, -0.2) is 4.39 Å². The molecule has 0 heterocycles. The molecule has 0 saturated heterocycles. The van der Waals surface area contributed by atoms with Crippen molar-refractivity contribution in [2.24, 2.45) is 0 Å². The van der Waals surface area contributed by atoms with E-state index in [1.54, 1.807) is 6.07 Å². The third-order valence-electron chi connectivity index (χ3n) is 3.10. The zero-order valence-electron chi connectivity index (χ0n) is 10.2. The van der Waals surface area contributed by atoms with Crippen LogP contribution in [0.5, 0.6) is 0 Å². The lowest BCUT2D eigenvalue weighted by Gasteiger charge is -2.22. The van der Waals surface area contributed by atoms with E-state index in [0.717, 1.165) is 11.1 Å². The van der Waals surface area contributed by atoms with Gasteiger partial charge in [0.05, 0.1) is 11.5 Å². The summed E-state index contributed by atoms with van der Waals surface area (Å²) in [5.41, 5.74) is 1.16. The van der Waals surface area contributed by atoms with Gasteiger partial charge in [0.1, 0.15) is 5.82 Å². The second kappa shape index (κ2) is 5.01. The van der Waals surface area contributed by atoms with Crippen LogP contribution in [-0.4, -0.2) is 0 Å². The molecule has 0 bridgehead atoms. The van der Waals surface area contributed by atoms with Gasteiger partial charge >= 0.3 is 0 Å². The molecule has 2 rings (SSSR count). The number of nitrogens with zero attached hydrogens (tertiary/aromatic N) is 1. The van der Waals surface area contributed by atoms with E-state index in [0.29, 0.717) is 6.42 Å². The maximum absolute atomic E-state index is 13.2. The number of benzene rings is 2. The molecule has 0 aliphatic carbocycles. The smallest absolute Gasteiger partial charge is 0.123 e. The fourth-order valence-corrected chi connectivity index (χ4v) is 2.07. The van der Waals surface area contributed by atoms with Gasteiger partial charge in [0, 0.05) is 0 Å². The molecule has 1 atom stereocenters. The van der Waals surface area contributed by atoms with Gasteiger partial charge in [0.2, 0.25) is 0 Å². The summed E-state index contributed by atoms with van der Waals surface area (Å²) in [6.45, 7) is 1.88. The maximum atomic E-state index is 13.2. The summed E-state index contributed by atoms with van der Waals surface area (Å²) in [5.74, 6) is -0.263. The lowest BCUT2D eigenvalue weighted by molar-refractivity contribution is 0.593. The highest BCUT2D eigenvalue weighted by Gasteiger charge is 2.26. The first kappa shape index (κ1) is 12.3. The van der Waals surface area contributed by atoms with Crippen LogP contribution in [0.3, 0.4) is 0 Å². The molecule has 1 nitrogen and oxygen atoms in total. The minimum Gasteiger partial charge on any atom is -0.207 e. The molecule has 2 aromatic rings. The molecule has 0 radical (unpaired) electrons. The molecule has 0 aromatic heterocycles. The lowest BCUT2D eigenvalue weighted by atomic mass is 9.79. The minimum absolute atomic E-state index is 0.263. The van der Waals surface area contributed by atoms with Gasteiger partial charge < -0.3 is 0 Å². The van der Waals surface area contributed by atoms with Crippen LogP contribution in [0.2, 0.25) is 0 Å². The second-order valence-corrected chi connectivity index (χ2v) is 4.62. The van der Waals surface area contributed by atoms with E-state index >= 15 is 0 Å². The van der Waals surface area contributed by atoms with Crippen LogP contribution in [0.1, 0.15) is 18.1 Å². The highest BCUT2D eigenvalue weighted by molar-refractivity contribution is 5.34. The summed E-state index contributed by atoms with van der Waals surface area (Å²) in [5, 5.41) is 9.43. The highest BCUT2D eigenvalue weighted by atomic mass is 19.1. The zero-order chi connectivity index (χ0) is 13.0. The van der Waals surface area contributed by atoms with E-state index in [9.17, 15) is 9.65 Å². The molecule has 0 N–H and O–H groups in total. The standard InChI is InChI=1S/C16H14FN/c1-16(12-18,14-7-3-2-4-8-14)11-13-6-5-9-15(17)10-13/h2-10H,11H2,1H3. The molecule has 0 aliphatic heterocycles. The van der Waals surface area contributed by atoms with Gasteiger partial charge in [-0.15, -0.1) is 0 Å². The van der Waals surface area contributed by atoms with Crippen molar-refractivity contribution in [3.8, 4) is 6.07 Å². The average Bonchev–Trinajstić information content (AvgIpc) is 2.39. The van der Waals surface area contributed by atoms with E-state index in [1.807, 2.05) is 43.3 Å². The molecule has 0 fully saturated rings. The molecule has 0 saturated carbocycles. The number of hydrogen-bond donors (Lipinski definition) is 0. The lowest BCUT2D eigenvalue weighted by Crippen LogP contribution is -2.22. The largest absolute Gasteiger partial charge is 0.207 e. The predicted molar refractivity (Wildman–Crippen MR) is 69.5 cm³/mol. The van der Waals surface area contributed by atoms with Crippen LogP contribution in [0, 0.1) is 17.1 Å². The second-order valence-electron chi connectivity index (χ2n) is 4.62. The zero-order valence-corrected chi connectivity index (χ0v) is 10.2. The molecule has 0 aliphatic rings. The first-order valence-electron chi connectivity index (χ1n) is 5.85. The van der Waals surface area contributed by atoms with Crippen molar-refractivity contribution in [2.75, 3.05) is 0 Å². The van der Waals surface area contributed by atoms with Gasteiger partial charge in [-0.1, -0.05) is 42.5 Å². The van der Waals surface area contributed by atoms with Crippen molar-refractivity contribution in [1.29, 1.82) is 5.26 Å². The van der Waals surface area contributed by atoms with Crippen molar-refractivity contribution in [2.45, 2.75) is 18.8 Å². The van der Waals surface area contributed by atoms with Gasteiger partial charge in [0.15, 0.2) is 0 Å². The topological polar surface area (TPSA) is 23.8 Å². The van der Waals surface area contributed by atoms with E-state index < -0.39 is 5.41 Å². The first-order chi connectivity index (χ1) is 8.64. The van der Waals surface area contributed by atoms with Crippen LogP contribution >= 0.6 is 0 Å². The summed E-state index contributed by atoms with van der Waals surface area (Å²) < 4.78 is 13.2. The minimum atomic E-state index is -0.630. The van der Waals surface area contributed by atoms with Crippen molar-refractivity contribution in [3.05, 3.63) is 71.5 Å². The van der Waals surface area contributed by atoms with E-state index in [1.165, 1.54) is 12.1 Å². The highest BCUT2D eigenvalue weighted by Crippen LogP contribution is 2.27. The maximum Gasteiger partial charge on any atom is 0.123 e. The van der Waals surface area contributed by atoms with Crippen LogP contribution in [0.15, 0.2) is 54.6 Å². The SMILES string of the molecule is CC(C#N)(Cc1cccc(F)c1)c1ccccc1. The molecule has 2 aromatic carbocycles. The monoisotopic (exact) mass is 239 g/mol. The number of hydrogen-bond acceptors (Lipinski definition) is 1. The van der Waals surface area contributed by atoms with Gasteiger partial charge in [-0.2, -0.15) is 5.26 Å². The third kappa shape index (κ3) is 2.57. The third-order valence-corrected chi connectivity index (χ3v) is 3.10. The van der Waals surface area contributed by atoms with Crippen molar-refractivity contribution < 1.29 is 4.39 Å². The Morgan fingerprint density at radius 1 is 1.11 bits per heavy atom. The van der Waals surface area contributed by atoms with Crippen molar-refractivity contribution >= 4 is 0 Å². The fourth-order valence-electron chi connectivity index (χ4n) is 2.07. The number of nitriles is 1. The summed E-state index contributed by atoms with van der Waals surface area (Å²) in [6.07, 6.45) is 0.505. The molecular weight excluding hydrogens is 225 g/mol. The van der Waals surface area contributed by atoms with Crippen LogP contribution in [0.4, 0.5) is 4.39 Å². The molecule has 1 unspecified atom stereocenters. The van der Waals surface area contributed by atoms with E-state index in [4.69, 9.17) is 0 Å². The van der Waals surface area contributed by atoms with Crippen LogP contribution < -0.4 is 0 Å². The summed E-state index contributed by atoms with van der Waals surface area (Å²) in [4.78, 5) is 0. The summed E-state index contributed by atoms with van der Waals surface area (Å²) in [7, 11) is 0. The molecule has 2 heteroatoms. The first-order valence-corrected chi connectivity index (χ1v) is 5.85. The quantitative estimate of drug-likeness (QED) is 0.798. The Kier molecular flexibility index (Phi) is 3.43. The van der Waals surface area contributed by atoms with Gasteiger partial charge in [-0.05, 0) is 36.6 Å². The van der Waals surface area contributed by atoms with Crippen molar-refractivity contribution in [3.63, 3.8) is 0 Å². The Labute approximate surface area is 107 Å². The Morgan fingerprint density at radius 2 is 1.83 bits per heavy atom. The Hall–Kier alpha value is -2.14. The number of halogens is 1. The van der Waals surface area contributed by atoms with Crippen LogP contribution in [-0.2, 0) is 11.8 Å². The van der Waals surface area contributed by atoms with Gasteiger partial charge in [0.25, 0.3) is 0 Å². The fraction of sp³-hybridized carbons (Fsp3) is 0.188. The summed E-state index contributed by atoms with van der Waals surface area (Å²) >= 11 is 0. The molecule has 0 spiro atoms. The summed E-state index contributed by atoms with van der Waals surface area (Å²) in [6, 6.07) is 18.4. The Morgan fingerprint density at radius 3 is 2.44 bits per heavy atom. The molecule has 18 heavy (non-hydrogen) atoms. The normalized spacial score (nSPS) is 13.6. The molecule has 0 amide bonds.